The molecule has 5 nitrogen and oxygen atoms in total. The van der Waals surface area contributed by atoms with Crippen LogP contribution in [0.4, 0.5) is 5.69 Å². The summed E-state index contributed by atoms with van der Waals surface area (Å²) in [6.07, 6.45) is 3.48. The lowest BCUT2D eigenvalue weighted by molar-refractivity contribution is 0.102. The van der Waals surface area contributed by atoms with E-state index in [1.807, 2.05) is 24.3 Å². The van der Waals surface area contributed by atoms with E-state index in [9.17, 15) is 4.79 Å². The van der Waals surface area contributed by atoms with Gasteiger partial charge >= 0.3 is 0 Å². The van der Waals surface area contributed by atoms with Gasteiger partial charge < -0.3 is 10.1 Å². The number of carbonyl (C=O) groups is 1. The van der Waals surface area contributed by atoms with E-state index >= 15 is 0 Å². The average Bonchev–Trinajstić information content (AvgIpc) is 2.92. The molecule has 0 spiro atoms. The smallest absolute Gasteiger partial charge is 0.262 e. The van der Waals surface area contributed by atoms with Crippen molar-refractivity contribution in [3.63, 3.8) is 0 Å². The molecule has 0 bridgehead atoms. The predicted molar refractivity (Wildman–Crippen MR) is 76.1 cm³/mol. The Balaban J connectivity index is 1.77. The molecule has 104 valence electrons. The summed E-state index contributed by atoms with van der Waals surface area (Å²) in [7, 11) is 0. The number of aromatic nitrogens is 2. The van der Waals surface area contributed by atoms with E-state index in [-0.39, 0.29) is 5.91 Å². The number of hydrogen-bond acceptors (Lipinski definition) is 3. The number of fused-ring (bicyclic) bond motifs is 1. The van der Waals surface area contributed by atoms with Crippen LogP contribution in [0.5, 0.6) is 5.88 Å². The van der Waals surface area contributed by atoms with Crippen molar-refractivity contribution in [2.24, 2.45) is 0 Å². The largest absolute Gasteiger partial charge is 0.477 e. The molecule has 3 rings (SSSR count). The minimum Gasteiger partial charge on any atom is -0.477 e. The number of nitrogens with zero attached hydrogens (tertiary/aromatic N) is 2. The normalized spacial score (nSPS) is 13.4. The molecule has 0 aliphatic carbocycles. The molecule has 1 amide bonds. The first-order valence-electron chi connectivity index (χ1n) is 6.87. The van der Waals surface area contributed by atoms with Gasteiger partial charge in [-0.2, -0.15) is 5.10 Å². The molecule has 0 saturated heterocycles. The molecular weight excluding hydrogens is 254 g/mol. The van der Waals surface area contributed by atoms with Gasteiger partial charge in [-0.05, 0) is 24.1 Å². The molecule has 0 radical (unpaired) electrons. The Labute approximate surface area is 117 Å². The number of nitrogens with one attached hydrogen (secondary N) is 1. The second-order valence-electron chi connectivity index (χ2n) is 4.79. The molecule has 0 atom stereocenters. The van der Waals surface area contributed by atoms with Crippen molar-refractivity contribution in [1.82, 2.24) is 9.78 Å². The molecule has 5 heteroatoms. The van der Waals surface area contributed by atoms with E-state index in [0.29, 0.717) is 18.1 Å². The molecule has 0 fully saturated rings. The summed E-state index contributed by atoms with van der Waals surface area (Å²) in [6, 6.07) is 7.85. The summed E-state index contributed by atoms with van der Waals surface area (Å²) in [5.74, 6) is 0.385. The Morgan fingerprint density at radius 2 is 2.20 bits per heavy atom. The van der Waals surface area contributed by atoms with Gasteiger partial charge in [0.1, 0.15) is 5.56 Å². The zero-order valence-corrected chi connectivity index (χ0v) is 11.4. The summed E-state index contributed by atoms with van der Waals surface area (Å²) in [5, 5.41) is 7.05. The van der Waals surface area contributed by atoms with Crippen molar-refractivity contribution in [3.05, 3.63) is 41.6 Å². The van der Waals surface area contributed by atoms with Crippen LogP contribution in [0, 0.1) is 0 Å². The van der Waals surface area contributed by atoms with Crippen LogP contribution in [0.25, 0.3) is 0 Å². The van der Waals surface area contributed by atoms with Crippen LogP contribution in [0.15, 0.2) is 30.5 Å². The van der Waals surface area contributed by atoms with Gasteiger partial charge in [-0.3, -0.25) is 4.79 Å². The third kappa shape index (κ3) is 2.39. The maximum atomic E-state index is 12.3. The molecule has 1 aromatic heterocycles. The van der Waals surface area contributed by atoms with E-state index in [2.05, 4.69) is 17.3 Å². The Morgan fingerprint density at radius 3 is 2.95 bits per heavy atom. The van der Waals surface area contributed by atoms with Gasteiger partial charge in [-0.25, -0.2) is 4.68 Å². The Morgan fingerprint density at radius 1 is 1.40 bits per heavy atom. The topological polar surface area (TPSA) is 56.2 Å². The minimum absolute atomic E-state index is 0.183. The van der Waals surface area contributed by atoms with Crippen molar-refractivity contribution in [3.8, 4) is 5.88 Å². The molecule has 0 saturated carbocycles. The second kappa shape index (κ2) is 5.36. The number of rotatable bonds is 3. The highest BCUT2D eigenvalue weighted by molar-refractivity contribution is 6.05. The minimum atomic E-state index is -0.183. The molecule has 1 N–H and O–H groups in total. The quantitative estimate of drug-likeness (QED) is 0.933. The fourth-order valence-electron chi connectivity index (χ4n) is 2.25. The van der Waals surface area contributed by atoms with E-state index in [4.69, 9.17) is 4.74 Å². The second-order valence-corrected chi connectivity index (χ2v) is 4.79. The van der Waals surface area contributed by atoms with Gasteiger partial charge in [0.15, 0.2) is 0 Å². The lowest BCUT2D eigenvalue weighted by Gasteiger charge is -2.15. The van der Waals surface area contributed by atoms with Crippen molar-refractivity contribution < 1.29 is 9.53 Å². The van der Waals surface area contributed by atoms with Crippen molar-refractivity contribution in [2.45, 2.75) is 26.3 Å². The molecule has 20 heavy (non-hydrogen) atoms. The molecule has 1 aliphatic heterocycles. The number of benzene rings is 1. The van der Waals surface area contributed by atoms with Crippen LogP contribution in [-0.4, -0.2) is 22.3 Å². The fourth-order valence-corrected chi connectivity index (χ4v) is 2.25. The first-order valence-corrected chi connectivity index (χ1v) is 6.87. The number of anilines is 1. The highest BCUT2D eigenvalue weighted by Gasteiger charge is 2.21. The number of aryl methyl sites for hydroxylation is 2. The summed E-state index contributed by atoms with van der Waals surface area (Å²) in [4.78, 5) is 12.3. The van der Waals surface area contributed by atoms with Gasteiger partial charge in [0.25, 0.3) is 5.91 Å². The van der Waals surface area contributed by atoms with Crippen LogP contribution < -0.4 is 10.1 Å². The summed E-state index contributed by atoms with van der Waals surface area (Å²) in [5.41, 5.74) is 2.52. The summed E-state index contributed by atoms with van der Waals surface area (Å²) >= 11 is 0. The molecule has 1 aromatic carbocycles. The Hall–Kier alpha value is -2.30. The van der Waals surface area contributed by atoms with Gasteiger partial charge in [-0.1, -0.05) is 19.1 Å². The van der Waals surface area contributed by atoms with Crippen LogP contribution in [0.3, 0.4) is 0 Å². The number of hydrogen-bond donors (Lipinski definition) is 1. The lowest BCUT2D eigenvalue weighted by Crippen LogP contribution is -2.18. The van der Waals surface area contributed by atoms with Crippen LogP contribution in [0.1, 0.15) is 29.3 Å². The summed E-state index contributed by atoms with van der Waals surface area (Å²) in [6.45, 7) is 3.54. The highest BCUT2D eigenvalue weighted by Crippen LogP contribution is 2.23. The number of ether oxygens (including phenoxy) is 1. The van der Waals surface area contributed by atoms with E-state index in [1.165, 1.54) is 5.56 Å². The first-order chi connectivity index (χ1) is 9.78. The molecular formula is C15H17N3O2. The zero-order valence-electron chi connectivity index (χ0n) is 11.4. The summed E-state index contributed by atoms with van der Waals surface area (Å²) < 4.78 is 7.26. The Kier molecular flexibility index (Phi) is 3.41. The predicted octanol–water partition coefficient (Wildman–Crippen LogP) is 2.48. The van der Waals surface area contributed by atoms with Crippen LogP contribution in [0.2, 0.25) is 0 Å². The fraction of sp³-hybridized carbons (Fsp3) is 0.333. The standard InChI is InChI=1S/C15H17N3O2/c1-2-11-4-6-12(7-5-11)17-14(19)13-10-16-18-8-3-9-20-15(13)18/h4-7,10H,2-3,8-9H2,1H3,(H,17,19). The van der Waals surface area contributed by atoms with Gasteiger partial charge in [0, 0.05) is 18.7 Å². The molecule has 0 unspecified atom stereocenters. The molecule has 2 aromatic rings. The zero-order chi connectivity index (χ0) is 13.9. The van der Waals surface area contributed by atoms with Gasteiger partial charge in [-0.15, -0.1) is 0 Å². The van der Waals surface area contributed by atoms with Crippen molar-refractivity contribution in [2.75, 3.05) is 11.9 Å². The highest BCUT2D eigenvalue weighted by atomic mass is 16.5. The SMILES string of the molecule is CCc1ccc(NC(=O)c2cnn3c2OCCC3)cc1. The molecule has 1 aliphatic rings. The first kappa shape index (κ1) is 12.7. The third-order valence-corrected chi connectivity index (χ3v) is 3.41. The Bertz CT molecular complexity index is 617. The van der Waals surface area contributed by atoms with E-state index in [0.717, 1.165) is 25.1 Å². The van der Waals surface area contributed by atoms with Crippen LogP contribution >= 0.6 is 0 Å². The van der Waals surface area contributed by atoms with Crippen molar-refractivity contribution >= 4 is 11.6 Å². The van der Waals surface area contributed by atoms with Crippen LogP contribution in [-0.2, 0) is 13.0 Å². The maximum Gasteiger partial charge on any atom is 0.262 e. The third-order valence-electron chi connectivity index (χ3n) is 3.41. The number of amides is 1. The van der Waals surface area contributed by atoms with Crippen molar-refractivity contribution in [1.29, 1.82) is 0 Å². The lowest BCUT2D eigenvalue weighted by atomic mass is 10.1. The average molecular weight is 271 g/mol. The monoisotopic (exact) mass is 271 g/mol. The van der Waals surface area contributed by atoms with E-state index < -0.39 is 0 Å². The number of carbonyl (C=O) groups excluding carboxylic acids is 1. The molecule has 2 heterocycles. The van der Waals surface area contributed by atoms with Gasteiger partial charge in [0.2, 0.25) is 5.88 Å². The van der Waals surface area contributed by atoms with Gasteiger partial charge in [0.05, 0.1) is 12.8 Å². The maximum absolute atomic E-state index is 12.3. The van der Waals surface area contributed by atoms with E-state index in [1.54, 1.807) is 10.9 Å².